The number of fused-ring (bicyclic) bond motifs is 1. The monoisotopic (exact) mass is 356 g/mol. The van der Waals surface area contributed by atoms with E-state index in [1.165, 1.54) is 27.6 Å². The second kappa shape index (κ2) is 6.27. The van der Waals surface area contributed by atoms with Crippen molar-refractivity contribution in [2.45, 2.75) is 19.4 Å². The van der Waals surface area contributed by atoms with Crippen molar-refractivity contribution in [1.29, 1.82) is 0 Å². The Morgan fingerprint density at radius 1 is 1.14 bits per heavy atom. The number of hydrogen-bond acceptors (Lipinski definition) is 1. The van der Waals surface area contributed by atoms with Gasteiger partial charge in [0.05, 0.1) is 6.04 Å². The van der Waals surface area contributed by atoms with E-state index in [1.807, 2.05) is 0 Å². The number of aromatic amines is 1. The van der Waals surface area contributed by atoms with Crippen LogP contribution >= 0.6 is 15.9 Å². The van der Waals surface area contributed by atoms with Crippen molar-refractivity contribution in [2.75, 3.05) is 14.1 Å². The molecule has 0 radical (unpaired) electrons. The van der Waals surface area contributed by atoms with Crippen LogP contribution in [0, 0.1) is 0 Å². The van der Waals surface area contributed by atoms with Crippen molar-refractivity contribution in [1.82, 2.24) is 9.88 Å². The van der Waals surface area contributed by atoms with Crippen LogP contribution in [0.3, 0.4) is 0 Å². The summed E-state index contributed by atoms with van der Waals surface area (Å²) in [5.74, 6) is 0. The molecule has 1 atom stereocenters. The second-order valence-electron chi connectivity index (χ2n) is 5.86. The van der Waals surface area contributed by atoms with Crippen LogP contribution in [0.2, 0.25) is 0 Å². The Balaban J connectivity index is 2.18. The maximum atomic E-state index is 3.59. The highest BCUT2D eigenvalue weighted by Gasteiger charge is 2.20. The molecule has 0 saturated heterocycles. The highest BCUT2D eigenvalue weighted by atomic mass is 79.9. The lowest BCUT2D eigenvalue weighted by Gasteiger charge is -2.25. The number of rotatable bonds is 4. The molecule has 0 spiro atoms. The predicted molar refractivity (Wildman–Crippen MR) is 97.3 cm³/mol. The third-order valence-corrected chi connectivity index (χ3v) is 4.68. The van der Waals surface area contributed by atoms with Gasteiger partial charge in [-0.25, -0.2) is 0 Å². The van der Waals surface area contributed by atoms with Crippen molar-refractivity contribution in [3.8, 4) is 0 Å². The summed E-state index contributed by atoms with van der Waals surface area (Å²) in [6.45, 7) is 2.20. The Hall–Kier alpha value is -1.58. The van der Waals surface area contributed by atoms with Crippen molar-refractivity contribution in [3.63, 3.8) is 0 Å². The topological polar surface area (TPSA) is 19.0 Å². The number of H-pyrrole nitrogens is 1. The first-order valence-electron chi connectivity index (χ1n) is 7.62. The van der Waals surface area contributed by atoms with Gasteiger partial charge in [-0.1, -0.05) is 53.2 Å². The molecule has 1 heterocycles. The molecule has 0 aliphatic carbocycles. The average Bonchev–Trinajstić information content (AvgIpc) is 2.91. The minimum atomic E-state index is 0.235. The summed E-state index contributed by atoms with van der Waals surface area (Å²) >= 11 is 3.59. The maximum Gasteiger partial charge on any atom is 0.0618 e. The lowest BCUT2D eigenvalue weighted by molar-refractivity contribution is 0.344. The first-order chi connectivity index (χ1) is 10.6. The molecule has 0 aliphatic heterocycles. The SMILES string of the molecule is CCc1cccc2c(C(c3cccc(Br)c3)N(C)C)c[nH]c12. The number of aromatic nitrogens is 1. The van der Waals surface area contributed by atoms with Gasteiger partial charge in [-0.05, 0) is 49.3 Å². The van der Waals surface area contributed by atoms with E-state index in [4.69, 9.17) is 0 Å². The van der Waals surface area contributed by atoms with Gasteiger partial charge in [0.1, 0.15) is 0 Å². The molecule has 1 aromatic heterocycles. The minimum absolute atomic E-state index is 0.235. The van der Waals surface area contributed by atoms with Gasteiger partial charge in [-0.3, -0.25) is 4.90 Å². The van der Waals surface area contributed by atoms with Gasteiger partial charge >= 0.3 is 0 Å². The summed E-state index contributed by atoms with van der Waals surface area (Å²) in [6, 6.07) is 15.4. The molecule has 0 aliphatic rings. The van der Waals surface area contributed by atoms with E-state index in [-0.39, 0.29) is 6.04 Å². The van der Waals surface area contributed by atoms with Crippen LogP contribution in [-0.2, 0) is 6.42 Å². The molecule has 0 saturated carbocycles. The van der Waals surface area contributed by atoms with E-state index in [0.717, 1.165) is 10.9 Å². The maximum absolute atomic E-state index is 3.59. The van der Waals surface area contributed by atoms with Crippen LogP contribution in [0.15, 0.2) is 53.1 Å². The van der Waals surface area contributed by atoms with Crippen molar-refractivity contribution < 1.29 is 0 Å². The number of hydrogen-bond donors (Lipinski definition) is 1. The van der Waals surface area contributed by atoms with E-state index in [9.17, 15) is 0 Å². The van der Waals surface area contributed by atoms with Gasteiger partial charge in [0.25, 0.3) is 0 Å². The average molecular weight is 357 g/mol. The molecular weight excluding hydrogens is 336 g/mol. The molecule has 22 heavy (non-hydrogen) atoms. The van der Waals surface area contributed by atoms with Crippen molar-refractivity contribution in [2.24, 2.45) is 0 Å². The highest BCUT2D eigenvalue weighted by molar-refractivity contribution is 9.10. The summed E-state index contributed by atoms with van der Waals surface area (Å²) in [7, 11) is 4.27. The van der Waals surface area contributed by atoms with Gasteiger partial charge in [-0.15, -0.1) is 0 Å². The van der Waals surface area contributed by atoms with Crippen LogP contribution in [0.4, 0.5) is 0 Å². The summed E-state index contributed by atoms with van der Waals surface area (Å²) in [6.07, 6.45) is 3.20. The van der Waals surface area contributed by atoms with Crippen molar-refractivity contribution in [3.05, 3.63) is 69.8 Å². The van der Waals surface area contributed by atoms with Gasteiger partial charge < -0.3 is 4.98 Å². The Labute approximate surface area is 140 Å². The molecule has 3 rings (SSSR count). The van der Waals surface area contributed by atoms with Crippen LogP contribution in [-0.4, -0.2) is 24.0 Å². The Morgan fingerprint density at radius 3 is 2.59 bits per heavy atom. The highest BCUT2D eigenvalue weighted by Crippen LogP contribution is 2.34. The largest absolute Gasteiger partial charge is 0.361 e. The molecule has 1 N–H and O–H groups in total. The Morgan fingerprint density at radius 2 is 1.91 bits per heavy atom. The minimum Gasteiger partial charge on any atom is -0.361 e. The fraction of sp³-hybridized carbons (Fsp3) is 0.263. The van der Waals surface area contributed by atoms with E-state index < -0.39 is 0 Å². The summed E-state index contributed by atoms with van der Waals surface area (Å²) in [5.41, 5.74) is 5.26. The molecule has 0 bridgehead atoms. The van der Waals surface area contributed by atoms with E-state index in [1.54, 1.807) is 0 Å². The first-order valence-corrected chi connectivity index (χ1v) is 8.42. The third-order valence-electron chi connectivity index (χ3n) is 4.19. The quantitative estimate of drug-likeness (QED) is 0.685. The van der Waals surface area contributed by atoms with Gasteiger partial charge in [0.15, 0.2) is 0 Å². The molecule has 0 amide bonds. The molecule has 3 heteroatoms. The van der Waals surface area contributed by atoms with Crippen LogP contribution < -0.4 is 0 Å². The molecule has 0 fully saturated rings. The normalized spacial score (nSPS) is 13.0. The molecule has 3 aromatic rings. The molecule has 1 unspecified atom stereocenters. The van der Waals surface area contributed by atoms with Gasteiger partial charge in [0, 0.05) is 21.6 Å². The Kier molecular flexibility index (Phi) is 4.37. The van der Waals surface area contributed by atoms with Crippen molar-refractivity contribution >= 4 is 26.8 Å². The zero-order valence-electron chi connectivity index (χ0n) is 13.2. The molecule has 114 valence electrons. The lowest BCUT2D eigenvalue weighted by Crippen LogP contribution is -2.20. The predicted octanol–water partition coefficient (Wildman–Crippen LogP) is 5.14. The summed E-state index contributed by atoms with van der Waals surface area (Å²) in [4.78, 5) is 5.76. The van der Waals surface area contributed by atoms with E-state index >= 15 is 0 Å². The fourth-order valence-electron chi connectivity index (χ4n) is 3.19. The van der Waals surface area contributed by atoms with E-state index in [0.29, 0.717) is 0 Å². The lowest BCUT2D eigenvalue weighted by atomic mass is 9.96. The molecule has 2 aromatic carbocycles. The van der Waals surface area contributed by atoms with Crippen LogP contribution in [0.1, 0.15) is 29.7 Å². The summed E-state index contributed by atoms with van der Waals surface area (Å²) < 4.78 is 1.12. The Bertz CT molecular complexity index is 789. The number of halogens is 1. The molecule has 2 nitrogen and oxygen atoms in total. The number of para-hydroxylation sites is 1. The number of nitrogens with one attached hydrogen (secondary N) is 1. The van der Waals surface area contributed by atoms with Crippen LogP contribution in [0.25, 0.3) is 10.9 Å². The van der Waals surface area contributed by atoms with Crippen LogP contribution in [0.5, 0.6) is 0 Å². The number of benzene rings is 2. The molecular formula is C19H21BrN2. The number of nitrogens with zero attached hydrogens (tertiary/aromatic N) is 1. The first kappa shape index (κ1) is 15.3. The zero-order chi connectivity index (χ0) is 15.7. The standard InChI is InChI=1S/C19H21BrN2/c1-4-13-7-6-10-16-17(12-21-18(13)16)19(22(2)3)14-8-5-9-15(20)11-14/h5-12,19,21H,4H2,1-3H3. The second-order valence-corrected chi connectivity index (χ2v) is 6.77. The zero-order valence-corrected chi connectivity index (χ0v) is 14.8. The van der Waals surface area contributed by atoms with Gasteiger partial charge in [0.2, 0.25) is 0 Å². The third kappa shape index (κ3) is 2.71. The fourth-order valence-corrected chi connectivity index (χ4v) is 3.61. The number of aryl methyl sites for hydroxylation is 1. The summed E-state index contributed by atoms with van der Waals surface area (Å²) in [5, 5.41) is 1.32. The smallest absolute Gasteiger partial charge is 0.0618 e. The van der Waals surface area contributed by atoms with E-state index in [2.05, 4.69) is 95.5 Å². The van der Waals surface area contributed by atoms with Gasteiger partial charge in [-0.2, -0.15) is 0 Å².